The first-order valence-electron chi connectivity index (χ1n) is 6.27. The highest BCUT2D eigenvalue weighted by molar-refractivity contribution is 8.33. The van der Waals surface area contributed by atoms with Crippen molar-refractivity contribution in [3.8, 4) is 0 Å². The lowest BCUT2D eigenvalue weighted by atomic mass is 10.2. The van der Waals surface area contributed by atoms with Crippen molar-refractivity contribution >= 4 is 25.6 Å². The minimum absolute atomic E-state index is 0.136. The van der Waals surface area contributed by atoms with Crippen molar-refractivity contribution in [1.82, 2.24) is 0 Å². The van der Waals surface area contributed by atoms with E-state index in [1.165, 1.54) is 6.07 Å². The maximum Gasteiger partial charge on any atom is 0.416 e. The highest BCUT2D eigenvalue weighted by Crippen LogP contribution is 2.32. The molecule has 0 aliphatic carbocycles. The molecule has 0 bridgehead atoms. The average molecular weight is 385 g/mol. The Kier molecular flexibility index (Phi) is 4.82. The first-order chi connectivity index (χ1) is 10.9. The van der Waals surface area contributed by atoms with Gasteiger partial charge in [-0.2, -0.15) is 26.3 Å². The standard InChI is InChI=1S/C14H9F6NOS2/c15-13(16,17)9-4-6-12(7-5-9)24(22,23)21-11-3-1-2-10(8-11)14(18,19)20/h1-8,21H. The number of benzene rings is 2. The van der Waals surface area contributed by atoms with Gasteiger partial charge in [0.05, 0.1) is 16.0 Å². The fourth-order valence-electron chi connectivity index (χ4n) is 1.80. The van der Waals surface area contributed by atoms with Crippen LogP contribution in [0.2, 0.25) is 0 Å². The summed E-state index contributed by atoms with van der Waals surface area (Å²) in [6, 6.07) is 7.14. The van der Waals surface area contributed by atoms with Gasteiger partial charge in [-0.05, 0) is 42.5 Å². The normalized spacial score (nSPS) is 14.9. The Hall–Kier alpha value is -1.81. The SMILES string of the molecule is O=S(=S)(Nc1cccc(C(F)(F)F)c1)c1ccc(C(F)(F)F)cc1. The smallest absolute Gasteiger partial charge is 0.301 e. The number of hydrogen-bond donors (Lipinski definition) is 1. The van der Waals surface area contributed by atoms with Crippen LogP contribution in [0.25, 0.3) is 0 Å². The predicted molar refractivity (Wildman–Crippen MR) is 80.3 cm³/mol. The molecule has 1 unspecified atom stereocenters. The molecule has 0 aliphatic rings. The molecule has 0 aliphatic heterocycles. The lowest BCUT2D eigenvalue weighted by molar-refractivity contribution is -0.138. The van der Waals surface area contributed by atoms with E-state index in [0.717, 1.165) is 30.3 Å². The molecule has 130 valence electrons. The van der Waals surface area contributed by atoms with Crippen LogP contribution in [-0.4, -0.2) is 4.21 Å². The van der Waals surface area contributed by atoms with Crippen molar-refractivity contribution in [2.45, 2.75) is 17.2 Å². The predicted octanol–water partition coefficient (Wildman–Crippen LogP) is 4.86. The van der Waals surface area contributed by atoms with Gasteiger partial charge in [-0.1, -0.05) is 6.07 Å². The van der Waals surface area contributed by atoms with Crippen LogP contribution in [0.3, 0.4) is 0 Å². The summed E-state index contributed by atoms with van der Waals surface area (Å²) in [5, 5.41) is 0. The maximum atomic E-state index is 12.6. The Balaban J connectivity index is 2.29. The third-order valence-electron chi connectivity index (χ3n) is 2.93. The summed E-state index contributed by atoms with van der Waals surface area (Å²) in [6.07, 6.45) is -9.15. The van der Waals surface area contributed by atoms with E-state index < -0.39 is 32.2 Å². The topological polar surface area (TPSA) is 29.1 Å². The lowest BCUT2D eigenvalue weighted by Gasteiger charge is -2.14. The fraction of sp³-hybridized carbons (Fsp3) is 0.143. The van der Waals surface area contributed by atoms with Gasteiger partial charge in [-0.15, -0.1) is 0 Å². The molecule has 0 amide bonds. The number of anilines is 1. The van der Waals surface area contributed by atoms with Crippen molar-refractivity contribution in [3.63, 3.8) is 0 Å². The molecule has 0 heterocycles. The van der Waals surface area contributed by atoms with Gasteiger partial charge in [-0.25, -0.2) is 4.21 Å². The minimum atomic E-state index is -4.59. The van der Waals surface area contributed by atoms with E-state index in [2.05, 4.69) is 4.72 Å². The van der Waals surface area contributed by atoms with Gasteiger partial charge in [0, 0.05) is 16.9 Å². The van der Waals surface area contributed by atoms with E-state index >= 15 is 0 Å². The van der Waals surface area contributed by atoms with Gasteiger partial charge in [0.1, 0.15) is 8.68 Å². The highest BCUT2D eigenvalue weighted by atomic mass is 32.8. The van der Waals surface area contributed by atoms with Gasteiger partial charge in [0.2, 0.25) is 0 Å². The van der Waals surface area contributed by atoms with Crippen LogP contribution in [0.5, 0.6) is 0 Å². The molecule has 10 heteroatoms. The van der Waals surface area contributed by atoms with Gasteiger partial charge in [-0.3, -0.25) is 0 Å². The Bertz CT molecular complexity index is 826. The third kappa shape index (κ3) is 4.38. The third-order valence-corrected chi connectivity index (χ3v) is 5.16. The largest absolute Gasteiger partial charge is 0.416 e. The molecule has 0 saturated carbocycles. The molecule has 2 nitrogen and oxygen atoms in total. The monoisotopic (exact) mass is 385 g/mol. The van der Waals surface area contributed by atoms with Crippen LogP contribution in [0.4, 0.5) is 32.0 Å². The molecule has 24 heavy (non-hydrogen) atoms. The molecule has 2 aromatic rings. The van der Waals surface area contributed by atoms with Crippen LogP contribution in [0.1, 0.15) is 11.1 Å². The molecule has 1 N–H and O–H groups in total. The van der Waals surface area contributed by atoms with Crippen molar-refractivity contribution in [2.24, 2.45) is 0 Å². The highest BCUT2D eigenvalue weighted by Gasteiger charge is 2.31. The molecule has 2 rings (SSSR count). The average Bonchev–Trinajstić information content (AvgIpc) is 2.45. The van der Waals surface area contributed by atoms with Crippen LogP contribution >= 0.6 is 0 Å². The van der Waals surface area contributed by atoms with Gasteiger partial charge < -0.3 is 4.72 Å². The van der Waals surface area contributed by atoms with Gasteiger partial charge in [0.15, 0.2) is 0 Å². The zero-order chi connectivity index (χ0) is 18.2. The van der Waals surface area contributed by atoms with E-state index in [1.807, 2.05) is 0 Å². The molecular formula is C14H9F6NOS2. The van der Waals surface area contributed by atoms with E-state index in [4.69, 9.17) is 11.2 Å². The summed E-state index contributed by atoms with van der Waals surface area (Å²) in [5.74, 6) is 0. The quantitative estimate of drug-likeness (QED) is 0.765. The summed E-state index contributed by atoms with van der Waals surface area (Å²) in [5.41, 5.74) is -2.06. The Morgan fingerprint density at radius 2 is 1.38 bits per heavy atom. The van der Waals surface area contributed by atoms with Gasteiger partial charge in [0.25, 0.3) is 0 Å². The summed E-state index contributed by atoms with van der Waals surface area (Å²) < 4.78 is 90.1. The second-order valence-corrected chi connectivity index (χ2v) is 7.80. The number of nitrogens with one attached hydrogen (secondary N) is 1. The zero-order valence-corrected chi connectivity index (χ0v) is 13.2. The first-order valence-corrected chi connectivity index (χ1v) is 8.75. The molecule has 0 radical (unpaired) electrons. The van der Waals surface area contributed by atoms with Gasteiger partial charge >= 0.3 is 12.4 Å². The van der Waals surface area contributed by atoms with Crippen LogP contribution in [0, 0.1) is 0 Å². The Morgan fingerprint density at radius 1 is 0.833 bits per heavy atom. The first kappa shape index (κ1) is 18.5. The second kappa shape index (κ2) is 6.25. The molecule has 0 fully saturated rings. The number of hydrogen-bond acceptors (Lipinski definition) is 2. The number of rotatable bonds is 3. The minimum Gasteiger partial charge on any atom is -0.301 e. The molecule has 2 aromatic carbocycles. The van der Waals surface area contributed by atoms with E-state index in [1.54, 1.807) is 0 Å². The van der Waals surface area contributed by atoms with Crippen LogP contribution in [-0.2, 0) is 32.2 Å². The van der Waals surface area contributed by atoms with Crippen LogP contribution in [0.15, 0.2) is 53.4 Å². The molecular weight excluding hydrogens is 376 g/mol. The molecule has 0 aromatic heterocycles. The van der Waals surface area contributed by atoms with Crippen molar-refractivity contribution < 1.29 is 30.6 Å². The van der Waals surface area contributed by atoms with E-state index in [0.29, 0.717) is 12.1 Å². The zero-order valence-electron chi connectivity index (χ0n) is 11.6. The van der Waals surface area contributed by atoms with Crippen molar-refractivity contribution in [1.29, 1.82) is 0 Å². The summed E-state index contributed by atoms with van der Waals surface area (Å²) in [4.78, 5) is -0.136. The summed E-state index contributed by atoms with van der Waals surface area (Å²) in [6.45, 7) is 0. The Morgan fingerprint density at radius 3 is 1.88 bits per heavy atom. The molecule has 0 spiro atoms. The van der Waals surface area contributed by atoms with Crippen molar-refractivity contribution in [2.75, 3.05) is 4.72 Å². The number of alkyl halides is 6. The number of halogens is 6. The fourth-order valence-corrected chi connectivity index (χ4v) is 3.47. The maximum absolute atomic E-state index is 12.6. The Labute approximate surface area is 138 Å². The second-order valence-electron chi connectivity index (χ2n) is 4.71. The lowest BCUT2D eigenvalue weighted by Crippen LogP contribution is -2.13. The summed E-state index contributed by atoms with van der Waals surface area (Å²) in [7, 11) is -3.49. The molecule has 1 atom stereocenters. The van der Waals surface area contributed by atoms with Crippen molar-refractivity contribution in [3.05, 3.63) is 59.7 Å². The van der Waals surface area contributed by atoms with Crippen LogP contribution < -0.4 is 4.72 Å². The molecule has 0 saturated heterocycles. The summed E-state index contributed by atoms with van der Waals surface area (Å²) >= 11 is 4.82. The van der Waals surface area contributed by atoms with E-state index in [-0.39, 0.29) is 10.6 Å². The van der Waals surface area contributed by atoms with E-state index in [9.17, 15) is 30.6 Å².